The van der Waals surface area contributed by atoms with Crippen molar-refractivity contribution in [2.45, 2.75) is 38.6 Å². The summed E-state index contributed by atoms with van der Waals surface area (Å²) >= 11 is 0. The standard InChI is InChI=1S/C24H28N6O5/c1-2-3-14(11-16-12-27-21-19(16)20(25)29-24(26)30-21)10-13-4-6-15(7-5-13)22(33)28-17(23(34)35)8-9-18(31)32/h2-7,12,14,17H,8-11H2,1H3,(H,28,33)(H,31,32)(H,34,35)(H5,25,26,27,29,30)/b3-2-/t14?,17-/m0/s1. The minimum atomic E-state index is -1.28. The molecule has 11 heteroatoms. The maximum atomic E-state index is 12.5. The number of H-pyrrole nitrogens is 1. The quantitative estimate of drug-likeness (QED) is 0.223. The van der Waals surface area contributed by atoms with E-state index in [1.807, 2.05) is 31.3 Å². The second-order valence-corrected chi connectivity index (χ2v) is 8.19. The van der Waals surface area contributed by atoms with E-state index in [-0.39, 0.29) is 30.3 Å². The molecule has 8 N–H and O–H groups in total. The zero-order chi connectivity index (χ0) is 25.5. The lowest BCUT2D eigenvalue weighted by atomic mass is 9.92. The summed E-state index contributed by atoms with van der Waals surface area (Å²) in [6.45, 7) is 1.94. The van der Waals surface area contributed by atoms with Crippen LogP contribution in [0.2, 0.25) is 0 Å². The first kappa shape index (κ1) is 25.2. The predicted octanol–water partition coefficient (Wildman–Crippen LogP) is 2.15. The monoisotopic (exact) mass is 480 g/mol. The third kappa shape index (κ3) is 6.56. The van der Waals surface area contributed by atoms with Crippen molar-refractivity contribution in [3.05, 3.63) is 59.3 Å². The van der Waals surface area contributed by atoms with E-state index in [0.29, 0.717) is 24.3 Å². The van der Waals surface area contributed by atoms with Crippen LogP contribution in [0.1, 0.15) is 41.3 Å². The molecule has 0 bridgehead atoms. The van der Waals surface area contributed by atoms with E-state index in [1.165, 1.54) is 0 Å². The number of aromatic nitrogens is 3. The van der Waals surface area contributed by atoms with Gasteiger partial charge in [-0.3, -0.25) is 9.59 Å². The molecule has 0 radical (unpaired) electrons. The highest BCUT2D eigenvalue weighted by molar-refractivity contribution is 5.96. The first-order chi connectivity index (χ1) is 16.7. The number of carbonyl (C=O) groups excluding carboxylic acids is 1. The average molecular weight is 481 g/mol. The number of allylic oxidation sites excluding steroid dienone is 2. The number of benzene rings is 1. The molecule has 1 aromatic carbocycles. The fourth-order valence-electron chi connectivity index (χ4n) is 3.93. The van der Waals surface area contributed by atoms with Crippen molar-refractivity contribution >= 4 is 40.6 Å². The highest BCUT2D eigenvalue weighted by Gasteiger charge is 2.22. The van der Waals surface area contributed by atoms with E-state index in [0.717, 1.165) is 16.5 Å². The zero-order valence-corrected chi connectivity index (χ0v) is 19.2. The molecule has 35 heavy (non-hydrogen) atoms. The van der Waals surface area contributed by atoms with Crippen molar-refractivity contribution in [1.82, 2.24) is 20.3 Å². The normalized spacial score (nSPS) is 13.1. The summed E-state index contributed by atoms with van der Waals surface area (Å²) in [6, 6.07) is 5.58. The molecule has 2 atom stereocenters. The van der Waals surface area contributed by atoms with Gasteiger partial charge in [0.05, 0.1) is 5.39 Å². The van der Waals surface area contributed by atoms with Gasteiger partial charge >= 0.3 is 11.9 Å². The fraction of sp³-hybridized carbons (Fsp3) is 0.292. The molecular weight excluding hydrogens is 452 g/mol. The van der Waals surface area contributed by atoms with E-state index >= 15 is 0 Å². The van der Waals surface area contributed by atoms with Crippen LogP contribution in [-0.2, 0) is 22.4 Å². The molecule has 0 spiro atoms. The van der Waals surface area contributed by atoms with Crippen molar-refractivity contribution in [1.29, 1.82) is 0 Å². The van der Waals surface area contributed by atoms with Gasteiger partial charge in [0.2, 0.25) is 5.95 Å². The number of fused-ring (bicyclic) bond motifs is 1. The van der Waals surface area contributed by atoms with Crippen LogP contribution in [0, 0.1) is 5.92 Å². The molecule has 11 nitrogen and oxygen atoms in total. The van der Waals surface area contributed by atoms with E-state index in [1.54, 1.807) is 12.1 Å². The molecule has 0 saturated carbocycles. The Morgan fingerprint density at radius 2 is 1.83 bits per heavy atom. The molecule has 3 aromatic rings. The molecule has 1 unspecified atom stereocenters. The summed E-state index contributed by atoms with van der Waals surface area (Å²) in [7, 11) is 0. The molecule has 2 aromatic heterocycles. The number of carboxylic acid groups (broad SMARTS) is 2. The first-order valence-electron chi connectivity index (χ1n) is 11.0. The number of carboxylic acids is 2. The van der Waals surface area contributed by atoms with Crippen LogP contribution < -0.4 is 16.8 Å². The van der Waals surface area contributed by atoms with Gasteiger partial charge < -0.3 is 32.0 Å². The van der Waals surface area contributed by atoms with Gasteiger partial charge in [0.25, 0.3) is 5.91 Å². The Kier molecular flexibility index (Phi) is 8.03. The Labute approximate surface area is 201 Å². The first-order valence-corrected chi connectivity index (χ1v) is 11.0. The fourth-order valence-corrected chi connectivity index (χ4v) is 3.93. The van der Waals surface area contributed by atoms with E-state index < -0.39 is 23.9 Å². The lowest BCUT2D eigenvalue weighted by molar-refractivity contribution is -0.140. The summed E-state index contributed by atoms with van der Waals surface area (Å²) in [5.41, 5.74) is 14.6. The molecule has 0 aliphatic heterocycles. The second kappa shape index (κ2) is 11.1. The van der Waals surface area contributed by atoms with Gasteiger partial charge in [0.1, 0.15) is 17.5 Å². The van der Waals surface area contributed by atoms with Crippen LogP contribution in [0.25, 0.3) is 11.0 Å². The number of aliphatic carboxylic acids is 2. The van der Waals surface area contributed by atoms with Crippen molar-refractivity contribution in [2.24, 2.45) is 5.92 Å². The average Bonchev–Trinajstić information content (AvgIpc) is 3.19. The number of hydrogen-bond acceptors (Lipinski definition) is 7. The summed E-state index contributed by atoms with van der Waals surface area (Å²) < 4.78 is 0. The van der Waals surface area contributed by atoms with Crippen LogP contribution >= 0.6 is 0 Å². The predicted molar refractivity (Wildman–Crippen MR) is 131 cm³/mol. The van der Waals surface area contributed by atoms with Gasteiger partial charge in [0, 0.05) is 18.2 Å². The van der Waals surface area contributed by atoms with Gasteiger partial charge in [-0.2, -0.15) is 9.97 Å². The number of carbonyl (C=O) groups is 3. The van der Waals surface area contributed by atoms with Crippen molar-refractivity contribution in [3.63, 3.8) is 0 Å². The Balaban J connectivity index is 1.69. The molecular formula is C24H28N6O5. The Morgan fingerprint density at radius 3 is 2.46 bits per heavy atom. The van der Waals surface area contributed by atoms with E-state index in [2.05, 4.69) is 26.3 Å². The lowest BCUT2D eigenvalue weighted by Gasteiger charge is -2.15. The van der Waals surface area contributed by atoms with Gasteiger partial charge in [0.15, 0.2) is 0 Å². The van der Waals surface area contributed by atoms with Gasteiger partial charge in [-0.15, -0.1) is 0 Å². The number of nitrogens with zero attached hydrogens (tertiary/aromatic N) is 2. The van der Waals surface area contributed by atoms with Gasteiger partial charge in [-0.05, 0) is 55.4 Å². The molecule has 184 valence electrons. The van der Waals surface area contributed by atoms with Crippen molar-refractivity contribution in [3.8, 4) is 0 Å². The molecule has 0 saturated heterocycles. The molecule has 0 aliphatic carbocycles. The molecule has 0 aliphatic rings. The van der Waals surface area contributed by atoms with Gasteiger partial charge in [-0.1, -0.05) is 24.3 Å². The Morgan fingerprint density at radius 1 is 1.11 bits per heavy atom. The van der Waals surface area contributed by atoms with E-state index in [4.69, 9.17) is 16.6 Å². The summed E-state index contributed by atoms with van der Waals surface area (Å²) in [5, 5.41) is 21.1. The van der Waals surface area contributed by atoms with Crippen molar-refractivity contribution in [2.75, 3.05) is 11.5 Å². The number of aromatic amines is 1. The third-order valence-corrected chi connectivity index (χ3v) is 5.57. The maximum absolute atomic E-state index is 12.5. The number of rotatable bonds is 11. The maximum Gasteiger partial charge on any atom is 0.326 e. The summed E-state index contributed by atoms with van der Waals surface area (Å²) in [4.78, 5) is 45.8. The Hall–Kier alpha value is -4.41. The van der Waals surface area contributed by atoms with Crippen LogP contribution in [0.5, 0.6) is 0 Å². The molecule has 0 fully saturated rings. The minimum Gasteiger partial charge on any atom is -0.481 e. The van der Waals surface area contributed by atoms with Crippen molar-refractivity contribution < 1.29 is 24.6 Å². The highest BCUT2D eigenvalue weighted by Crippen LogP contribution is 2.26. The third-order valence-electron chi connectivity index (χ3n) is 5.57. The summed E-state index contributed by atoms with van der Waals surface area (Å²) in [6.07, 6.45) is 6.72. The van der Waals surface area contributed by atoms with Crippen LogP contribution in [0.4, 0.5) is 11.8 Å². The van der Waals surface area contributed by atoms with Crippen LogP contribution in [0.3, 0.4) is 0 Å². The Bertz CT molecular complexity index is 1250. The smallest absolute Gasteiger partial charge is 0.326 e. The highest BCUT2D eigenvalue weighted by atomic mass is 16.4. The second-order valence-electron chi connectivity index (χ2n) is 8.19. The largest absolute Gasteiger partial charge is 0.481 e. The number of nitrogens with one attached hydrogen (secondary N) is 2. The number of anilines is 2. The number of hydrogen-bond donors (Lipinski definition) is 6. The molecule has 3 rings (SSSR count). The SMILES string of the molecule is C/C=C\C(Cc1ccc(C(=O)N[C@@H](CCC(=O)O)C(=O)O)cc1)Cc1c[nH]c2nc(N)nc(N)c12. The summed E-state index contributed by atoms with van der Waals surface area (Å²) in [5.74, 6) is -2.43. The van der Waals surface area contributed by atoms with Crippen LogP contribution in [-0.4, -0.2) is 49.1 Å². The zero-order valence-electron chi connectivity index (χ0n) is 19.2. The number of nitrogen functional groups attached to an aromatic ring is 2. The lowest BCUT2D eigenvalue weighted by Crippen LogP contribution is -2.41. The molecule has 1 amide bonds. The number of amides is 1. The number of nitrogens with two attached hydrogens (primary N) is 2. The van der Waals surface area contributed by atoms with Crippen LogP contribution in [0.15, 0.2) is 42.6 Å². The topological polar surface area (TPSA) is 197 Å². The van der Waals surface area contributed by atoms with Gasteiger partial charge in [-0.25, -0.2) is 4.79 Å². The minimum absolute atomic E-state index is 0.106. The van der Waals surface area contributed by atoms with E-state index in [9.17, 15) is 19.5 Å². The molecule has 2 heterocycles.